The average Bonchev–Trinajstić information content (AvgIpc) is 4.34. The van der Waals surface area contributed by atoms with Crippen molar-refractivity contribution in [2.24, 2.45) is 33.0 Å². The Kier molecular flexibility index (Phi) is 94.3. The predicted molar refractivity (Wildman–Crippen MR) is 401 cm³/mol. The third kappa shape index (κ3) is 136. The minimum Gasteiger partial charge on any atom is -0.381 e. The molecule has 0 atom stereocenters. The van der Waals surface area contributed by atoms with Crippen molar-refractivity contribution in [2.75, 3.05) is 13.2 Å². The first-order valence-corrected chi connectivity index (χ1v) is 39.1. The smallest absolute Gasteiger partial charge is 0.0466 e. The second kappa shape index (κ2) is 79.1. The lowest BCUT2D eigenvalue weighted by atomic mass is 9.84. The molecular weight excluding hydrogens is 1010 g/mol. The Labute approximate surface area is 543 Å². The van der Waals surface area contributed by atoms with E-state index in [-0.39, 0.29) is 0 Å². The Hall–Kier alpha value is -0.0400. The van der Waals surface area contributed by atoms with Crippen LogP contribution in [0.4, 0.5) is 0 Å². The van der Waals surface area contributed by atoms with Gasteiger partial charge in [0.2, 0.25) is 0 Å². The van der Waals surface area contributed by atoms with Crippen LogP contribution in [0.3, 0.4) is 0 Å². The Morgan fingerprint density at radius 1 is 0.310 bits per heavy atom. The van der Waals surface area contributed by atoms with E-state index in [1.54, 1.807) is 0 Å². The highest BCUT2D eigenvalue weighted by Gasteiger charge is 2.35. The van der Waals surface area contributed by atoms with Gasteiger partial charge in [-0.3, -0.25) is 0 Å². The fourth-order valence-corrected chi connectivity index (χ4v) is 9.23. The summed E-state index contributed by atoms with van der Waals surface area (Å²) in [5, 5.41) is 0. The van der Waals surface area contributed by atoms with Crippen molar-refractivity contribution in [3.8, 4) is 0 Å². The van der Waals surface area contributed by atoms with Crippen LogP contribution in [0, 0.1) is 33.0 Å². The molecule has 0 N–H and O–H groups in total. The van der Waals surface area contributed by atoms with E-state index in [2.05, 4.69) is 187 Å². The summed E-state index contributed by atoms with van der Waals surface area (Å²) in [6.45, 7) is 63.2. The van der Waals surface area contributed by atoms with Gasteiger partial charge in [-0.05, 0) is 84.4 Å². The highest BCUT2D eigenvalue weighted by molar-refractivity contribution is 4.87. The van der Waals surface area contributed by atoms with Crippen molar-refractivity contribution in [2.45, 2.75) is 495 Å². The minimum absolute atomic E-state index is 0.500. The monoisotopic (exact) mass is 1200 g/mol. The third-order valence-corrected chi connectivity index (χ3v) is 15.9. The molecule has 1 heteroatoms. The second-order valence-electron chi connectivity index (χ2n) is 31.8. The van der Waals surface area contributed by atoms with Gasteiger partial charge in [0.1, 0.15) is 0 Å². The van der Waals surface area contributed by atoms with Crippen LogP contribution in [-0.2, 0) is 4.74 Å². The maximum Gasteiger partial charge on any atom is 0.0466 e. The molecule has 0 spiro atoms. The molecule has 520 valence electrons. The molecule has 2 aliphatic carbocycles. The molecular formula is C83H182O. The van der Waals surface area contributed by atoms with Crippen molar-refractivity contribution >= 4 is 0 Å². The lowest BCUT2D eigenvalue weighted by molar-refractivity contribution is 0.130. The van der Waals surface area contributed by atoms with E-state index in [4.69, 9.17) is 4.74 Å². The Balaban J connectivity index is -0.000000128. The number of unbranched alkanes of at least 4 members (excludes halogenated alkanes) is 27. The van der Waals surface area contributed by atoms with Gasteiger partial charge >= 0.3 is 0 Å². The Bertz CT molecular complexity index is 989. The third-order valence-electron chi connectivity index (χ3n) is 15.9. The van der Waals surface area contributed by atoms with Crippen molar-refractivity contribution in [3.63, 3.8) is 0 Å². The van der Waals surface area contributed by atoms with E-state index in [9.17, 15) is 0 Å². The van der Waals surface area contributed by atoms with Gasteiger partial charge in [-0.1, -0.05) is 444 Å². The first-order chi connectivity index (χ1) is 39.6. The summed E-state index contributed by atoms with van der Waals surface area (Å²) in [6, 6.07) is 0. The van der Waals surface area contributed by atoms with E-state index in [0.29, 0.717) is 21.7 Å². The first kappa shape index (κ1) is 100. The van der Waals surface area contributed by atoms with Gasteiger partial charge in [-0.25, -0.2) is 0 Å². The van der Waals surface area contributed by atoms with Gasteiger partial charge < -0.3 is 4.74 Å². The summed E-state index contributed by atoms with van der Waals surface area (Å²) in [5.41, 5.74) is 2.99. The molecule has 0 saturated heterocycles. The molecule has 2 fully saturated rings. The summed E-state index contributed by atoms with van der Waals surface area (Å²) >= 11 is 0. The molecule has 0 unspecified atom stereocenters. The fourth-order valence-electron chi connectivity index (χ4n) is 9.23. The highest BCUT2D eigenvalue weighted by Crippen LogP contribution is 2.49. The molecule has 0 radical (unpaired) electrons. The summed E-state index contributed by atoms with van der Waals surface area (Å²) in [5.74, 6) is 1.04. The maximum atomic E-state index is 5.33. The van der Waals surface area contributed by atoms with Crippen LogP contribution in [0.5, 0.6) is 0 Å². The average molecular weight is 1200 g/mol. The van der Waals surface area contributed by atoms with E-state index in [0.717, 1.165) is 31.0 Å². The van der Waals surface area contributed by atoms with Crippen LogP contribution in [0.2, 0.25) is 0 Å². The molecule has 0 heterocycles. The molecule has 84 heavy (non-hydrogen) atoms. The van der Waals surface area contributed by atoms with Gasteiger partial charge in [0.15, 0.2) is 0 Å². The zero-order valence-electron chi connectivity index (χ0n) is 65.8. The van der Waals surface area contributed by atoms with Crippen LogP contribution >= 0.6 is 0 Å². The van der Waals surface area contributed by atoms with Crippen LogP contribution in [-0.4, -0.2) is 13.2 Å². The highest BCUT2D eigenvalue weighted by atomic mass is 16.5. The number of ether oxygens (including phenoxy) is 1. The summed E-state index contributed by atoms with van der Waals surface area (Å²) in [6.07, 6.45) is 67.5. The van der Waals surface area contributed by atoms with Crippen molar-refractivity contribution in [1.29, 1.82) is 0 Å². The summed E-state index contributed by atoms with van der Waals surface area (Å²) < 4.78 is 5.33. The van der Waals surface area contributed by atoms with Crippen LogP contribution < -0.4 is 0 Å². The van der Waals surface area contributed by atoms with Crippen LogP contribution in [0.15, 0.2) is 0 Å². The molecule has 1 nitrogen and oxygen atoms in total. The molecule has 0 aromatic carbocycles. The van der Waals surface area contributed by atoms with Crippen LogP contribution in [0.25, 0.3) is 0 Å². The van der Waals surface area contributed by atoms with Gasteiger partial charge in [0.05, 0.1) is 0 Å². The normalized spacial score (nSPS) is 13.3. The fraction of sp³-hybridized carbons (Fsp3) is 1.00. The second-order valence-corrected chi connectivity index (χ2v) is 31.8. The Morgan fingerprint density at radius 3 is 0.857 bits per heavy atom. The quantitative estimate of drug-likeness (QED) is 0.0560. The first-order valence-electron chi connectivity index (χ1n) is 39.1. The lowest BCUT2D eigenvalue weighted by Crippen LogP contribution is -2.08. The van der Waals surface area contributed by atoms with Crippen molar-refractivity contribution in [1.82, 2.24) is 0 Å². The van der Waals surface area contributed by atoms with Gasteiger partial charge in [-0.2, -0.15) is 0 Å². The zero-order valence-corrected chi connectivity index (χ0v) is 65.8. The molecule has 0 bridgehead atoms. The molecule has 0 aromatic heterocycles. The van der Waals surface area contributed by atoms with Crippen molar-refractivity contribution in [3.05, 3.63) is 0 Å². The molecule has 2 aliphatic rings. The summed E-state index contributed by atoms with van der Waals surface area (Å²) in [4.78, 5) is 0. The maximum absolute atomic E-state index is 5.33. The Morgan fingerprint density at radius 2 is 0.595 bits per heavy atom. The molecule has 0 amide bonds. The van der Waals surface area contributed by atoms with Gasteiger partial charge in [0, 0.05) is 13.2 Å². The van der Waals surface area contributed by atoms with Gasteiger partial charge in [-0.15, -0.1) is 0 Å². The number of hydrogen-bond acceptors (Lipinski definition) is 1. The molecule has 0 aliphatic heterocycles. The standard InChI is InChI=1S/C11H24.C10H20.2C10H22.C9H20O.C8H18.C7H14.C7H16.C6H14.C5H12/c1-5-6-7-8-9-10-11(2,3)4;1-3-4-5-6-7-10(2)8-9-10;1-5-7-8-9-10(3,4)6-2;1-3-5-7-9-10-8-6-4-2;1-3-5-6-7-9-10-8-4-2;1-3-5-7-8-6-4-2;1-7-5-3-2-4-6-7;1-5-6-7(2,3)4;1-3-5-6-4-2;1-5(2,3)4/h5-10H2,1-4H3;3-9H2,1-2H3;5-9H2,1-4H3;3-10H2,1-2H3;3-9H2,1-2H3;3-8H2,1-2H3;7H,2-6H2,1H3;5-6H2,1-4H3;3-6H2,1-2H3;1-4H3. The number of rotatable bonds is 38. The van der Waals surface area contributed by atoms with E-state index in [1.807, 2.05) is 0 Å². The largest absolute Gasteiger partial charge is 0.381 e. The van der Waals surface area contributed by atoms with Crippen molar-refractivity contribution < 1.29 is 4.74 Å². The van der Waals surface area contributed by atoms with Crippen LogP contribution in [0.1, 0.15) is 495 Å². The molecule has 2 rings (SSSR count). The molecule has 2 saturated carbocycles. The summed E-state index contributed by atoms with van der Waals surface area (Å²) in [7, 11) is 0. The minimum atomic E-state index is 0.500. The predicted octanol–water partition coefficient (Wildman–Crippen LogP) is 32.7. The van der Waals surface area contributed by atoms with Gasteiger partial charge in [0.25, 0.3) is 0 Å². The lowest BCUT2D eigenvalue weighted by Gasteiger charge is -2.21. The zero-order chi connectivity index (χ0) is 66.1. The van der Waals surface area contributed by atoms with E-state index in [1.165, 1.54) is 302 Å². The van der Waals surface area contributed by atoms with E-state index >= 15 is 0 Å². The van der Waals surface area contributed by atoms with E-state index < -0.39 is 0 Å². The topological polar surface area (TPSA) is 9.23 Å². The number of hydrogen-bond donors (Lipinski definition) is 0. The SMILES string of the molecule is CC(C)(C)C.CC1CCCCC1.CCCC(C)(C)C.CCCCCC.CCCCCC(C)(C)CC.CCCCCCC1(C)CC1.CCCCCCCC.CCCCCCCC(C)(C)C.CCCCCCCCCC.CCCCCCOCCC. The molecule has 0 aromatic rings.